The van der Waals surface area contributed by atoms with E-state index in [4.69, 9.17) is 4.99 Å². The third kappa shape index (κ3) is 5.50. The molecule has 1 aliphatic rings. The summed E-state index contributed by atoms with van der Waals surface area (Å²) in [4.78, 5) is 14.0. The van der Waals surface area contributed by atoms with Crippen LogP contribution < -0.4 is 10.2 Å². The van der Waals surface area contributed by atoms with E-state index in [-0.39, 0.29) is 24.0 Å². The number of rotatable bonds is 5. The Labute approximate surface area is 194 Å². The fourth-order valence-corrected chi connectivity index (χ4v) is 3.46. The maximum Gasteiger partial charge on any atom is 0.194 e. The van der Waals surface area contributed by atoms with Gasteiger partial charge in [-0.1, -0.05) is 18.2 Å². The lowest BCUT2D eigenvalue weighted by atomic mass is 10.2. The predicted molar refractivity (Wildman–Crippen MR) is 132 cm³/mol. The number of hydrogen-bond acceptors (Lipinski definition) is 4. The van der Waals surface area contributed by atoms with Crippen LogP contribution in [0.25, 0.3) is 5.69 Å². The summed E-state index contributed by atoms with van der Waals surface area (Å²) in [6, 6.07) is 16.4. The van der Waals surface area contributed by atoms with Gasteiger partial charge >= 0.3 is 0 Å². The van der Waals surface area contributed by atoms with Gasteiger partial charge in [-0.25, -0.2) is 14.7 Å². The Balaban J connectivity index is 0.00000256. The first-order valence-corrected chi connectivity index (χ1v) is 10.1. The molecular formula is C22H28IN7. The van der Waals surface area contributed by atoms with Crippen molar-refractivity contribution in [2.45, 2.75) is 13.5 Å². The van der Waals surface area contributed by atoms with Crippen molar-refractivity contribution in [2.24, 2.45) is 4.99 Å². The van der Waals surface area contributed by atoms with E-state index in [1.807, 2.05) is 35.3 Å². The second-order valence-electron chi connectivity index (χ2n) is 6.95. The second-order valence-corrected chi connectivity index (χ2v) is 6.95. The lowest BCUT2D eigenvalue weighted by Gasteiger charge is -2.37. The summed E-state index contributed by atoms with van der Waals surface area (Å²) in [6.07, 6.45) is 5.58. The normalized spacial score (nSPS) is 14.4. The van der Waals surface area contributed by atoms with Crippen LogP contribution in [0.3, 0.4) is 0 Å². The van der Waals surface area contributed by atoms with Crippen molar-refractivity contribution in [2.75, 3.05) is 37.6 Å². The number of hydrogen-bond donors (Lipinski definition) is 1. The van der Waals surface area contributed by atoms with Gasteiger partial charge in [0, 0.05) is 51.3 Å². The van der Waals surface area contributed by atoms with E-state index in [2.05, 4.69) is 62.5 Å². The van der Waals surface area contributed by atoms with Crippen molar-refractivity contribution in [3.05, 3.63) is 72.7 Å². The van der Waals surface area contributed by atoms with Crippen LogP contribution >= 0.6 is 24.0 Å². The SMILES string of the molecule is CCNC(=NCc1ccc(-n2cccn2)cc1)N1CCN(c2ccccn2)CC1.I. The van der Waals surface area contributed by atoms with E-state index in [1.54, 1.807) is 6.20 Å². The molecule has 8 heteroatoms. The molecule has 0 aliphatic carbocycles. The van der Waals surface area contributed by atoms with Crippen LogP contribution in [0.5, 0.6) is 0 Å². The van der Waals surface area contributed by atoms with Crippen molar-refractivity contribution in [1.82, 2.24) is 25.0 Å². The van der Waals surface area contributed by atoms with Gasteiger partial charge in [0.2, 0.25) is 0 Å². The van der Waals surface area contributed by atoms with Crippen molar-refractivity contribution in [3.63, 3.8) is 0 Å². The number of benzene rings is 1. The number of halogens is 1. The number of aromatic nitrogens is 3. The van der Waals surface area contributed by atoms with E-state index >= 15 is 0 Å². The van der Waals surface area contributed by atoms with E-state index in [0.717, 1.165) is 50.2 Å². The molecule has 1 aromatic carbocycles. The zero-order valence-electron chi connectivity index (χ0n) is 17.2. The monoisotopic (exact) mass is 517 g/mol. The van der Waals surface area contributed by atoms with Crippen LogP contribution in [0.2, 0.25) is 0 Å². The van der Waals surface area contributed by atoms with Gasteiger partial charge in [-0.2, -0.15) is 5.10 Å². The molecule has 1 N–H and O–H groups in total. The smallest absolute Gasteiger partial charge is 0.194 e. The number of pyridine rings is 1. The summed E-state index contributed by atoms with van der Waals surface area (Å²) < 4.78 is 1.86. The van der Waals surface area contributed by atoms with Gasteiger partial charge in [0.05, 0.1) is 12.2 Å². The van der Waals surface area contributed by atoms with Gasteiger partial charge in [-0.05, 0) is 42.8 Å². The quantitative estimate of drug-likeness (QED) is 0.320. The maximum absolute atomic E-state index is 4.87. The maximum atomic E-state index is 4.87. The Morgan fingerprint density at radius 2 is 1.80 bits per heavy atom. The highest BCUT2D eigenvalue weighted by Crippen LogP contribution is 2.13. The minimum absolute atomic E-state index is 0. The van der Waals surface area contributed by atoms with Crippen LogP contribution in [0.1, 0.15) is 12.5 Å². The van der Waals surface area contributed by atoms with Gasteiger partial charge in [0.1, 0.15) is 5.82 Å². The lowest BCUT2D eigenvalue weighted by Crippen LogP contribution is -2.52. The predicted octanol–water partition coefficient (Wildman–Crippen LogP) is 3.17. The third-order valence-electron chi connectivity index (χ3n) is 5.00. The van der Waals surface area contributed by atoms with E-state index < -0.39 is 0 Å². The summed E-state index contributed by atoms with van der Waals surface area (Å²) in [5.74, 6) is 2.02. The topological polar surface area (TPSA) is 61.6 Å². The second kappa shape index (κ2) is 11.0. The molecule has 1 aliphatic heterocycles. The zero-order chi connectivity index (χ0) is 19.9. The van der Waals surface area contributed by atoms with Crippen LogP contribution in [-0.2, 0) is 6.54 Å². The van der Waals surface area contributed by atoms with Crippen LogP contribution in [-0.4, -0.2) is 58.3 Å². The molecule has 0 radical (unpaired) electrons. The van der Waals surface area contributed by atoms with Gasteiger partial charge in [-0.3, -0.25) is 0 Å². The summed E-state index contributed by atoms with van der Waals surface area (Å²) in [6.45, 7) is 7.37. The molecule has 2 aromatic heterocycles. The third-order valence-corrected chi connectivity index (χ3v) is 5.00. The Morgan fingerprint density at radius 3 is 2.43 bits per heavy atom. The van der Waals surface area contributed by atoms with Crippen molar-refractivity contribution >= 4 is 35.8 Å². The average molecular weight is 517 g/mol. The Morgan fingerprint density at radius 1 is 1.00 bits per heavy atom. The fourth-order valence-electron chi connectivity index (χ4n) is 3.46. The van der Waals surface area contributed by atoms with E-state index in [9.17, 15) is 0 Å². The zero-order valence-corrected chi connectivity index (χ0v) is 19.5. The van der Waals surface area contributed by atoms with Crippen molar-refractivity contribution < 1.29 is 0 Å². The summed E-state index contributed by atoms with van der Waals surface area (Å²) in [5, 5.41) is 7.71. The molecule has 4 rings (SSSR count). The number of nitrogens with one attached hydrogen (secondary N) is 1. The number of nitrogens with zero attached hydrogens (tertiary/aromatic N) is 6. The number of anilines is 1. The van der Waals surface area contributed by atoms with E-state index in [0.29, 0.717) is 6.54 Å². The Kier molecular flexibility index (Phi) is 8.06. The standard InChI is InChI=1S/C22H27N7.HI/c1-2-23-22(28-16-14-27(15-17-28)21-6-3-4-11-24-21)25-18-19-7-9-20(10-8-19)29-13-5-12-26-29;/h3-13H,2,14-18H2,1H3,(H,23,25);1H. The molecule has 0 atom stereocenters. The molecule has 1 saturated heterocycles. The summed E-state index contributed by atoms with van der Waals surface area (Å²) >= 11 is 0. The number of aliphatic imine (C=N–C) groups is 1. The lowest BCUT2D eigenvalue weighted by molar-refractivity contribution is 0.371. The van der Waals surface area contributed by atoms with Crippen LogP contribution in [0, 0.1) is 0 Å². The molecule has 0 amide bonds. The van der Waals surface area contributed by atoms with Crippen LogP contribution in [0.4, 0.5) is 5.82 Å². The Bertz CT molecular complexity index is 902. The molecule has 0 unspecified atom stereocenters. The minimum atomic E-state index is 0. The molecule has 0 spiro atoms. The first kappa shape index (κ1) is 22.1. The molecule has 0 saturated carbocycles. The average Bonchev–Trinajstić information content (AvgIpc) is 3.33. The number of piperazine rings is 1. The highest BCUT2D eigenvalue weighted by Gasteiger charge is 2.20. The Hall–Kier alpha value is -2.62. The van der Waals surface area contributed by atoms with E-state index in [1.165, 1.54) is 5.56 Å². The van der Waals surface area contributed by atoms with Crippen LogP contribution in [0.15, 0.2) is 72.1 Å². The van der Waals surface area contributed by atoms with Gasteiger partial charge in [0.25, 0.3) is 0 Å². The van der Waals surface area contributed by atoms with Crippen molar-refractivity contribution in [3.8, 4) is 5.69 Å². The molecular weight excluding hydrogens is 489 g/mol. The fraction of sp³-hybridized carbons (Fsp3) is 0.318. The minimum Gasteiger partial charge on any atom is -0.357 e. The highest BCUT2D eigenvalue weighted by atomic mass is 127. The number of guanidine groups is 1. The highest BCUT2D eigenvalue weighted by molar-refractivity contribution is 14.0. The largest absolute Gasteiger partial charge is 0.357 e. The molecule has 158 valence electrons. The van der Waals surface area contributed by atoms with Gasteiger partial charge in [0.15, 0.2) is 5.96 Å². The van der Waals surface area contributed by atoms with Gasteiger partial charge < -0.3 is 15.1 Å². The molecule has 0 bridgehead atoms. The summed E-state index contributed by atoms with van der Waals surface area (Å²) in [7, 11) is 0. The first-order valence-electron chi connectivity index (χ1n) is 10.1. The molecule has 1 fully saturated rings. The molecule has 3 heterocycles. The van der Waals surface area contributed by atoms with Gasteiger partial charge in [-0.15, -0.1) is 24.0 Å². The van der Waals surface area contributed by atoms with Crippen molar-refractivity contribution in [1.29, 1.82) is 0 Å². The molecule has 7 nitrogen and oxygen atoms in total. The summed E-state index contributed by atoms with van der Waals surface area (Å²) in [5.41, 5.74) is 2.24. The molecule has 3 aromatic rings. The molecule has 30 heavy (non-hydrogen) atoms. The first-order chi connectivity index (χ1) is 14.3.